The molecule has 0 spiro atoms. The summed E-state index contributed by atoms with van der Waals surface area (Å²) in [4.78, 5) is 25.1. The van der Waals surface area contributed by atoms with Gasteiger partial charge < -0.3 is 35.6 Å². The molecule has 2 heterocycles. The molecule has 0 atom stereocenters. The number of carbonyl (C=O) groups excluding carboxylic acids is 1. The summed E-state index contributed by atoms with van der Waals surface area (Å²) in [5.41, 5.74) is 8.49. The summed E-state index contributed by atoms with van der Waals surface area (Å²) >= 11 is 6.31. The quantitative estimate of drug-likeness (QED) is 0.370. The molecule has 1 aromatic heterocycles. The van der Waals surface area contributed by atoms with E-state index in [0.29, 0.717) is 65.8 Å². The highest BCUT2D eigenvalue weighted by Crippen LogP contribution is 2.33. The van der Waals surface area contributed by atoms with Crippen LogP contribution in [0.2, 0.25) is 5.02 Å². The number of rotatable bonds is 6. The number of para-hydroxylation sites is 2. The van der Waals surface area contributed by atoms with E-state index in [1.807, 2.05) is 57.2 Å². The van der Waals surface area contributed by atoms with Gasteiger partial charge in [0.25, 0.3) is 0 Å². The predicted octanol–water partition coefficient (Wildman–Crippen LogP) is 5.27. The first-order valence-corrected chi connectivity index (χ1v) is 12.3. The second-order valence-electron chi connectivity index (χ2n) is 9.57. The predicted molar refractivity (Wildman–Crippen MR) is 147 cm³/mol. The minimum atomic E-state index is -0.510. The van der Waals surface area contributed by atoms with E-state index in [9.17, 15) is 4.79 Å². The van der Waals surface area contributed by atoms with E-state index in [-0.39, 0.29) is 6.09 Å². The van der Waals surface area contributed by atoms with Crippen LogP contribution >= 0.6 is 11.6 Å². The number of hydrogen-bond acceptors (Lipinski definition) is 9. The Morgan fingerprint density at radius 3 is 2.46 bits per heavy atom. The van der Waals surface area contributed by atoms with Gasteiger partial charge in [0.2, 0.25) is 5.95 Å². The lowest BCUT2D eigenvalue weighted by Gasteiger charge is -2.37. The Hall–Kier alpha value is -3.92. The number of ether oxygens (including phenoxy) is 2. The molecule has 196 valence electrons. The van der Waals surface area contributed by atoms with E-state index in [0.717, 1.165) is 5.69 Å². The molecule has 2 aromatic carbocycles. The van der Waals surface area contributed by atoms with Crippen molar-refractivity contribution in [2.75, 3.05) is 54.6 Å². The number of carbonyl (C=O) groups is 1. The number of amides is 1. The molecule has 4 rings (SSSR count). The van der Waals surface area contributed by atoms with Crippen LogP contribution in [-0.4, -0.2) is 59.9 Å². The molecule has 0 saturated carbocycles. The molecule has 0 unspecified atom stereocenters. The molecular formula is C26H32ClN7O3. The van der Waals surface area contributed by atoms with Crippen LogP contribution in [0.4, 0.5) is 39.3 Å². The van der Waals surface area contributed by atoms with Gasteiger partial charge in [-0.3, -0.25) is 0 Å². The monoisotopic (exact) mass is 525 g/mol. The van der Waals surface area contributed by atoms with Gasteiger partial charge in [-0.1, -0.05) is 23.7 Å². The first-order chi connectivity index (χ1) is 17.6. The van der Waals surface area contributed by atoms with Gasteiger partial charge in [0.05, 0.1) is 30.4 Å². The van der Waals surface area contributed by atoms with Crippen molar-refractivity contribution < 1.29 is 14.3 Å². The largest absolute Gasteiger partial charge is 0.494 e. The van der Waals surface area contributed by atoms with Crippen molar-refractivity contribution in [3.63, 3.8) is 0 Å². The van der Waals surface area contributed by atoms with Gasteiger partial charge in [0.15, 0.2) is 5.82 Å². The van der Waals surface area contributed by atoms with E-state index < -0.39 is 5.60 Å². The second-order valence-corrected chi connectivity index (χ2v) is 9.97. The SMILES string of the molecule is COc1cc(N2CCN(C(=O)OC(C)(C)C)CC2)ccc1Nc1ncc(Cl)c(Nc2ccccc2N)n1. The van der Waals surface area contributed by atoms with E-state index in [2.05, 4.69) is 25.5 Å². The number of anilines is 6. The third kappa shape index (κ3) is 6.65. The van der Waals surface area contributed by atoms with Crippen molar-refractivity contribution in [2.45, 2.75) is 26.4 Å². The van der Waals surface area contributed by atoms with Crippen molar-refractivity contribution in [3.05, 3.63) is 53.7 Å². The molecule has 1 amide bonds. The molecule has 3 aromatic rings. The highest BCUT2D eigenvalue weighted by Gasteiger charge is 2.26. The molecule has 4 N–H and O–H groups in total. The number of nitrogens with two attached hydrogens (primary N) is 1. The smallest absolute Gasteiger partial charge is 0.410 e. The summed E-state index contributed by atoms with van der Waals surface area (Å²) in [6.07, 6.45) is 1.24. The van der Waals surface area contributed by atoms with Gasteiger partial charge in [-0.2, -0.15) is 4.98 Å². The Balaban J connectivity index is 1.44. The zero-order valence-electron chi connectivity index (χ0n) is 21.4. The van der Waals surface area contributed by atoms with Crippen molar-refractivity contribution in [3.8, 4) is 5.75 Å². The zero-order valence-corrected chi connectivity index (χ0v) is 22.2. The number of nitrogens with one attached hydrogen (secondary N) is 2. The van der Waals surface area contributed by atoms with Crippen LogP contribution in [0.15, 0.2) is 48.7 Å². The minimum absolute atomic E-state index is 0.281. The van der Waals surface area contributed by atoms with Gasteiger partial charge in [-0.05, 0) is 45.0 Å². The number of benzene rings is 2. The Morgan fingerprint density at radius 1 is 1.05 bits per heavy atom. The lowest BCUT2D eigenvalue weighted by atomic mass is 10.2. The minimum Gasteiger partial charge on any atom is -0.494 e. The topological polar surface area (TPSA) is 118 Å². The molecule has 37 heavy (non-hydrogen) atoms. The maximum absolute atomic E-state index is 12.4. The van der Waals surface area contributed by atoms with Crippen LogP contribution in [0.5, 0.6) is 5.75 Å². The maximum Gasteiger partial charge on any atom is 0.410 e. The second kappa shape index (κ2) is 11.0. The van der Waals surface area contributed by atoms with Gasteiger partial charge >= 0.3 is 6.09 Å². The maximum atomic E-state index is 12.4. The van der Waals surface area contributed by atoms with Crippen LogP contribution in [0.3, 0.4) is 0 Å². The van der Waals surface area contributed by atoms with Gasteiger partial charge in [-0.15, -0.1) is 0 Å². The van der Waals surface area contributed by atoms with E-state index >= 15 is 0 Å². The molecule has 0 bridgehead atoms. The van der Waals surface area contributed by atoms with Crippen molar-refractivity contribution in [2.24, 2.45) is 0 Å². The highest BCUT2D eigenvalue weighted by atomic mass is 35.5. The van der Waals surface area contributed by atoms with Gasteiger partial charge in [0.1, 0.15) is 16.4 Å². The van der Waals surface area contributed by atoms with Crippen LogP contribution in [0.1, 0.15) is 20.8 Å². The third-order valence-corrected chi connectivity index (χ3v) is 5.96. The lowest BCUT2D eigenvalue weighted by molar-refractivity contribution is 0.0240. The number of piperazine rings is 1. The first-order valence-electron chi connectivity index (χ1n) is 11.9. The van der Waals surface area contributed by atoms with Gasteiger partial charge in [-0.25, -0.2) is 9.78 Å². The summed E-state index contributed by atoms with van der Waals surface area (Å²) in [5, 5.41) is 6.71. The number of methoxy groups -OCH3 is 1. The molecule has 1 aliphatic heterocycles. The van der Waals surface area contributed by atoms with Crippen molar-refractivity contribution >= 4 is 52.2 Å². The Morgan fingerprint density at radius 2 is 1.78 bits per heavy atom. The summed E-state index contributed by atoms with van der Waals surface area (Å²) in [6.45, 7) is 8.15. The Labute approximate surface area is 221 Å². The van der Waals surface area contributed by atoms with E-state index in [1.165, 1.54) is 6.20 Å². The fourth-order valence-electron chi connectivity index (χ4n) is 3.83. The van der Waals surface area contributed by atoms with Crippen LogP contribution in [-0.2, 0) is 4.74 Å². The van der Waals surface area contributed by atoms with E-state index in [1.54, 1.807) is 18.1 Å². The van der Waals surface area contributed by atoms with E-state index in [4.69, 9.17) is 26.8 Å². The fraction of sp³-hybridized carbons (Fsp3) is 0.346. The number of halogens is 1. The van der Waals surface area contributed by atoms with Crippen LogP contribution < -0.4 is 26.0 Å². The standard InChI is InChI=1S/C26H32ClN7O3/c1-26(2,3)37-25(35)34-13-11-33(12-14-34)17-9-10-21(22(15-17)36-4)31-24-29-16-18(27)23(32-24)30-20-8-6-5-7-19(20)28/h5-10,15-16H,11-14,28H2,1-4H3,(H2,29,30,31,32). The molecule has 10 nitrogen and oxygen atoms in total. The van der Waals surface area contributed by atoms with Crippen molar-refractivity contribution in [1.29, 1.82) is 0 Å². The zero-order chi connectivity index (χ0) is 26.6. The Bertz CT molecular complexity index is 1260. The normalized spacial score (nSPS) is 13.8. The summed E-state index contributed by atoms with van der Waals surface area (Å²) in [7, 11) is 1.61. The molecular weight excluding hydrogens is 494 g/mol. The number of nitrogens with zero attached hydrogens (tertiary/aromatic N) is 4. The third-order valence-electron chi connectivity index (χ3n) is 5.69. The van der Waals surface area contributed by atoms with Crippen LogP contribution in [0, 0.1) is 0 Å². The average molecular weight is 526 g/mol. The summed E-state index contributed by atoms with van der Waals surface area (Å²) in [6, 6.07) is 13.2. The average Bonchev–Trinajstić information content (AvgIpc) is 2.86. The fourth-order valence-corrected chi connectivity index (χ4v) is 3.97. The molecule has 1 saturated heterocycles. The lowest BCUT2D eigenvalue weighted by Crippen LogP contribution is -2.50. The number of nitrogen functional groups attached to an aromatic ring is 1. The molecule has 1 fully saturated rings. The van der Waals surface area contributed by atoms with Crippen molar-refractivity contribution in [1.82, 2.24) is 14.9 Å². The summed E-state index contributed by atoms with van der Waals surface area (Å²) < 4.78 is 11.1. The van der Waals surface area contributed by atoms with Crippen LogP contribution in [0.25, 0.3) is 0 Å². The number of aromatic nitrogens is 2. The number of hydrogen-bond donors (Lipinski definition) is 3. The Kier molecular flexibility index (Phi) is 7.77. The molecule has 11 heteroatoms. The molecule has 1 aliphatic rings. The first kappa shape index (κ1) is 26.2. The summed E-state index contributed by atoms with van der Waals surface area (Å²) in [5.74, 6) is 1.40. The van der Waals surface area contributed by atoms with Gasteiger partial charge in [0, 0.05) is 37.9 Å². The molecule has 0 aliphatic carbocycles. The highest BCUT2D eigenvalue weighted by molar-refractivity contribution is 6.33. The molecule has 0 radical (unpaired) electrons.